The molecule has 0 fully saturated rings. The molecule has 0 spiro atoms. The van der Waals surface area contributed by atoms with E-state index in [-0.39, 0.29) is 178 Å². The number of unbranched alkanes of at least 4 members (excludes halogenated alkanes) is 30. The van der Waals surface area contributed by atoms with Crippen LogP contribution in [0.2, 0.25) is 0 Å². The molecule has 0 saturated heterocycles. The minimum Gasteiger partial charge on any atom is -0.487 e. The van der Waals surface area contributed by atoms with Crippen LogP contribution in [0.4, 0.5) is 0 Å². The lowest BCUT2D eigenvalue weighted by molar-refractivity contribution is 0.00708. The molecule has 3 aliphatic rings. The second-order valence-electron chi connectivity index (χ2n) is 31.2. The number of esters is 6. The molecule has 0 saturated carbocycles. The molecule has 2 N–H and O–H groups in total. The number of nitrogens with one attached hydrogen (secondary N) is 2. The fourth-order valence-electron chi connectivity index (χ4n) is 14.9. The molecule has 6 heterocycles. The molecule has 0 radical (unpaired) electrons. The van der Waals surface area contributed by atoms with Crippen molar-refractivity contribution in [2.45, 2.75) is 273 Å². The van der Waals surface area contributed by atoms with Gasteiger partial charge in [-0.15, -0.1) is 0 Å². The molecular formula is C94H128N8O17. The highest BCUT2D eigenvalue weighted by atomic mass is 16.6. The Hall–Kier alpha value is -9.46. The minimum absolute atomic E-state index is 0.00314. The molecule has 4 aromatic carbocycles. The Morgan fingerprint density at radius 2 is 0.445 bits per heavy atom. The average molecular weight is 1640 g/mol. The number of fused-ring (bicyclic) bond motifs is 21. The number of hydrogen-bond donors (Lipinski definition) is 2. The Kier molecular flexibility index (Phi) is 39.0. The van der Waals surface area contributed by atoms with Crippen LogP contribution >= 0.6 is 0 Å². The van der Waals surface area contributed by atoms with E-state index in [1.165, 1.54) is 24.3 Å². The lowest BCUT2D eigenvalue weighted by atomic mass is 9.98. The van der Waals surface area contributed by atoms with Crippen molar-refractivity contribution in [2.24, 2.45) is 0 Å². The van der Waals surface area contributed by atoms with Gasteiger partial charge in [0, 0.05) is 43.8 Å². The first-order chi connectivity index (χ1) is 58.4. The first-order valence-corrected chi connectivity index (χ1v) is 44.9. The molecular weight excluding hydrogens is 1510 g/mol. The Labute approximate surface area is 701 Å². The lowest BCUT2D eigenvalue weighted by Gasteiger charge is -2.13. The fourth-order valence-corrected chi connectivity index (χ4v) is 14.9. The molecule has 3 aromatic heterocycles. The molecule has 10 rings (SSSR count). The fraction of sp³-hybridized carbons (Fsp3) is 0.596. The minimum atomic E-state index is -0.765. The van der Waals surface area contributed by atoms with Crippen molar-refractivity contribution in [1.82, 2.24) is 39.9 Å². The zero-order chi connectivity index (χ0) is 83.8. The number of aromatic amines is 2. The van der Waals surface area contributed by atoms with Gasteiger partial charge in [-0.1, -0.05) is 234 Å². The molecule has 8 bridgehead atoms. The van der Waals surface area contributed by atoms with E-state index in [2.05, 4.69) is 51.5 Å². The SMILES string of the molecule is CCCCCCCCOC(=O)c1cc2c(cc1C(=O)OCCCCCCCC)-c1nc-2nc2[nH]c(nc3nc(nc4[nH]c(n1)c1cc(C(=O)OCCCCCCCC)c(C(=O)OCCCCCCCC)cc41)-c1cc(C(=O)OCCCCCCCC)c(C(=O)OCCCCCCCC)cc1-3)c1cc3c(cc21)OCCOCCOCCOCCO3. The van der Waals surface area contributed by atoms with Gasteiger partial charge in [0.1, 0.15) is 35.8 Å². The predicted octanol–water partition coefficient (Wildman–Crippen LogP) is 21.8. The summed E-state index contributed by atoms with van der Waals surface area (Å²) in [6, 6.07) is 12.8. The monoisotopic (exact) mass is 1640 g/mol. The highest BCUT2D eigenvalue weighted by Gasteiger charge is 2.33. The summed E-state index contributed by atoms with van der Waals surface area (Å²) in [5.41, 5.74) is 1.11. The van der Waals surface area contributed by atoms with Crippen LogP contribution in [0.1, 0.15) is 335 Å². The van der Waals surface area contributed by atoms with E-state index in [1.54, 1.807) is 24.3 Å². The highest BCUT2D eigenvalue weighted by Crippen LogP contribution is 2.43. The number of hydrogen-bond acceptors (Lipinski definition) is 23. The third-order valence-electron chi connectivity index (χ3n) is 21.7. The molecule has 3 aliphatic heterocycles. The van der Waals surface area contributed by atoms with E-state index in [4.69, 9.17) is 82.0 Å². The molecule has 0 amide bonds. The summed E-state index contributed by atoms with van der Waals surface area (Å²) in [6.45, 7) is 15.5. The molecule has 646 valence electrons. The number of benzene rings is 4. The zero-order valence-electron chi connectivity index (χ0n) is 71.6. The van der Waals surface area contributed by atoms with Crippen LogP contribution in [0.5, 0.6) is 11.5 Å². The average Bonchev–Trinajstić information content (AvgIpc) is 1.59. The topological polar surface area (TPSA) is 313 Å². The Balaban J connectivity index is 1.27. The summed E-state index contributed by atoms with van der Waals surface area (Å²) in [5, 5.41) is 1.45. The van der Waals surface area contributed by atoms with Crippen molar-refractivity contribution in [3.63, 3.8) is 0 Å². The van der Waals surface area contributed by atoms with Crippen molar-refractivity contribution in [3.8, 4) is 57.1 Å². The second kappa shape index (κ2) is 50.6. The first kappa shape index (κ1) is 91.8. The van der Waals surface area contributed by atoms with E-state index < -0.39 is 35.8 Å². The van der Waals surface area contributed by atoms with E-state index in [1.807, 2.05) is 0 Å². The molecule has 0 unspecified atom stereocenters. The number of carbonyl (C=O) groups excluding carboxylic acids is 6. The van der Waals surface area contributed by atoms with Gasteiger partial charge in [0.15, 0.2) is 34.8 Å². The normalized spacial score (nSPS) is 13.0. The first-order valence-electron chi connectivity index (χ1n) is 44.9. The van der Waals surface area contributed by atoms with Crippen LogP contribution < -0.4 is 9.47 Å². The van der Waals surface area contributed by atoms with Gasteiger partial charge in [0.2, 0.25) is 0 Å². The van der Waals surface area contributed by atoms with Gasteiger partial charge in [-0.3, -0.25) is 0 Å². The van der Waals surface area contributed by atoms with Gasteiger partial charge >= 0.3 is 35.8 Å². The summed E-state index contributed by atoms with van der Waals surface area (Å²) >= 11 is 0. The van der Waals surface area contributed by atoms with Crippen LogP contribution in [0, 0.1) is 0 Å². The predicted molar refractivity (Wildman–Crippen MR) is 461 cm³/mol. The van der Waals surface area contributed by atoms with E-state index in [0.29, 0.717) is 87.2 Å². The molecule has 119 heavy (non-hydrogen) atoms. The maximum atomic E-state index is 15.0. The summed E-state index contributed by atoms with van der Waals surface area (Å²) < 4.78 is 67.0. The number of ether oxygens (including phenoxy) is 11. The summed E-state index contributed by atoms with van der Waals surface area (Å²) in [6.07, 6.45) is 34.0. The van der Waals surface area contributed by atoms with Gasteiger partial charge < -0.3 is 62.1 Å². The van der Waals surface area contributed by atoms with Crippen LogP contribution in [-0.4, -0.2) is 168 Å². The maximum Gasteiger partial charge on any atom is 0.339 e. The molecule has 25 heteroatoms. The Morgan fingerprint density at radius 1 is 0.252 bits per heavy atom. The summed E-state index contributed by atoms with van der Waals surface area (Å²) in [4.78, 5) is 128. The van der Waals surface area contributed by atoms with Crippen molar-refractivity contribution in [2.75, 3.05) is 92.5 Å². The van der Waals surface area contributed by atoms with Crippen LogP contribution in [0.3, 0.4) is 0 Å². The van der Waals surface area contributed by atoms with E-state index in [0.717, 1.165) is 193 Å². The number of rotatable bonds is 48. The van der Waals surface area contributed by atoms with Crippen molar-refractivity contribution >= 4 is 79.9 Å². The molecule has 7 aromatic rings. The Bertz CT molecular complexity index is 4350. The number of H-pyrrole nitrogens is 2. The van der Waals surface area contributed by atoms with Crippen LogP contribution in [0.25, 0.3) is 89.7 Å². The van der Waals surface area contributed by atoms with Gasteiger partial charge in [-0.2, -0.15) is 0 Å². The summed E-state index contributed by atoms with van der Waals surface area (Å²) in [7, 11) is 0. The molecule has 25 nitrogen and oxygen atoms in total. The highest BCUT2D eigenvalue weighted by molar-refractivity contribution is 6.14. The quantitative estimate of drug-likeness (QED) is 0.0203. The second-order valence-corrected chi connectivity index (χ2v) is 31.2. The zero-order valence-corrected chi connectivity index (χ0v) is 71.6. The van der Waals surface area contributed by atoms with E-state index >= 15 is 0 Å². The molecule has 0 aliphatic carbocycles. The van der Waals surface area contributed by atoms with Gasteiger partial charge in [-0.05, 0) is 87.1 Å². The number of carbonyl (C=O) groups is 6. The van der Waals surface area contributed by atoms with E-state index in [9.17, 15) is 28.8 Å². The number of nitrogens with zero attached hydrogens (tertiary/aromatic N) is 6. The third kappa shape index (κ3) is 27.3. The maximum absolute atomic E-state index is 15.0. The van der Waals surface area contributed by atoms with Gasteiger partial charge in [-0.25, -0.2) is 58.7 Å². The van der Waals surface area contributed by atoms with Crippen LogP contribution in [0.15, 0.2) is 48.5 Å². The largest absolute Gasteiger partial charge is 0.487 e. The van der Waals surface area contributed by atoms with Crippen LogP contribution in [-0.2, 0) is 42.6 Å². The Morgan fingerprint density at radius 3 is 0.672 bits per heavy atom. The standard InChI is InChI=1S/C94H128N8O17/c1-7-13-19-25-31-37-43-114-89(103)73-57-65-66(58-74(73)90(104)115-44-38-32-26-20-14-8-2)82-95-81(65)96-83-67-59-75(91(105)116-45-39-33-27-21-15-9-3)77(93(107)118-47-41-35-29-23-17-11-5)61-69(67)85(98-83)100-87-71-63-79-80(113-56-54-111-52-50-109-49-51-110-53-55-112-79)64-72(71)88(102-87)101-86-70-62-78(94(108)119-48-42-36-30-24-18-12-6)76(60-68(70)84(97-82)99-86)92(106)117-46-40-34-28-22-16-10-4/h57-64H,7-56H2,1-6H3,(H2,95,96,97,98,99,100,101,102). The summed E-state index contributed by atoms with van der Waals surface area (Å²) in [5.74, 6) is -3.83. The lowest BCUT2D eigenvalue weighted by Crippen LogP contribution is -2.16. The smallest absolute Gasteiger partial charge is 0.339 e. The molecule has 0 atom stereocenters. The number of aromatic nitrogens is 8. The third-order valence-corrected chi connectivity index (χ3v) is 21.7. The van der Waals surface area contributed by atoms with Gasteiger partial charge in [0.05, 0.1) is 113 Å². The van der Waals surface area contributed by atoms with Gasteiger partial charge in [0.25, 0.3) is 0 Å². The van der Waals surface area contributed by atoms with Crippen molar-refractivity contribution in [1.29, 1.82) is 0 Å². The van der Waals surface area contributed by atoms with Crippen molar-refractivity contribution < 1.29 is 80.9 Å². The van der Waals surface area contributed by atoms with Crippen molar-refractivity contribution in [3.05, 3.63) is 81.9 Å².